The lowest BCUT2D eigenvalue weighted by Crippen LogP contribution is -2.37. The van der Waals surface area contributed by atoms with Gasteiger partial charge in [-0.3, -0.25) is 14.2 Å². The molecule has 0 atom stereocenters. The Balaban J connectivity index is 1.38. The number of benzene rings is 1. The van der Waals surface area contributed by atoms with Crippen LogP contribution < -0.4 is 5.73 Å². The Hall–Kier alpha value is -4.14. The van der Waals surface area contributed by atoms with Crippen LogP contribution in [0.2, 0.25) is 0 Å². The Morgan fingerprint density at radius 1 is 1.12 bits per heavy atom. The summed E-state index contributed by atoms with van der Waals surface area (Å²) in [6, 6.07) is 8.27. The highest BCUT2D eigenvalue weighted by Crippen LogP contribution is 2.38. The number of aromatic nitrogens is 5. The van der Waals surface area contributed by atoms with Crippen molar-refractivity contribution < 1.29 is 9.21 Å². The molecular formula is C25H25N7O2. The van der Waals surface area contributed by atoms with Gasteiger partial charge in [-0.15, -0.1) is 0 Å². The summed E-state index contributed by atoms with van der Waals surface area (Å²) < 4.78 is 10.0. The SMILES string of the molecule is CC(=O)N1CCC(n2cc(-c3cnc(N)c4oc(-c5cccc6nn(C)cc56)cc34)cn2)CC1. The van der Waals surface area contributed by atoms with Crippen LogP contribution in [0.25, 0.3) is 44.3 Å². The molecule has 6 rings (SSSR count). The number of anilines is 1. The van der Waals surface area contributed by atoms with Crippen LogP contribution in [-0.4, -0.2) is 48.4 Å². The molecule has 1 aliphatic heterocycles. The summed E-state index contributed by atoms with van der Waals surface area (Å²) in [6.07, 6.45) is 9.46. The smallest absolute Gasteiger partial charge is 0.219 e. The van der Waals surface area contributed by atoms with Crippen LogP contribution in [0, 0.1) is 0 Å². The highest BCUT2D eigenvalue weighted by atomic mass is 16.3. The molecule has 0 saturated carbocycles. The lowest BCUT2D eigenvalue weighted by atomic mass is 10.0. The first-order chi connectivity index (χ1) is 16.5. The largest absolute Gasteiger partial charge is 0.452 e. The molecule has 0 aliphatic carbocycles. The van der Waals surface area contributed by atoms with E-state index < -0.39 is 0 Å². The van der Waals surface area contributed by atoms with Gasteiger partial charge in [0.25, 0.3) is 0 Å². The fourth-order valence-corrected chi connectivity index (χ4v) is 4.90. The van der Waals surface area contributed by atoms with Crippen molar-refractivity contribution in [1.82, 2.24) is 29.4 Å². The lowest BCUT2D eigenvalue weighted by Gasteiger charge is -2.31. The van der Waals surface area contributed by atoms with Crippen molar-refractivity contribution >= 4 is 33.6 Å². The van der Waals surface area contributed by atoms with Gasteiger partial charge in [-0.25, -0.2) is 4.98 Å². The summed E-state index contributed by atoms with van der Waals surface area (Å²) >= 11 is 0. The third-order valence-corrected chi connectivity index (χ3v) is 6.71. The standard InChI is InChI=1S/C25H25N7O2/c1-15(33)31-8-6-17(7-9-31)32-13-16(11-28-32)20-12-27-25(26)24-19(20)10-23(34-24)18-4-3-5-22-21(18)14-30(2)29-22/h3-5,10-14,17H,6-9H2,1-2H3,(H2,26,27). The second kappa shape index (κ2) is 7.72. The van der Waals surface area contributed by atoms with Crippen LogP contribution >= 0.6 is 0 Å². The number of nitrogen functional groups attached to an aromatic ring is 1. The van der Waals surface area contributed by atoms with E-state index in [0.717, 1.165) is 64.7 Å². The topological polar surface area (TPSA) is 108 Å². The molecule has 4 aromatic heterocycles. The van der Waals surface area contributed by atoms with E-state index in [-0.39, 0.29) is 11.9 Å². The summed E-state index contributed by atoms with van der Waals surface area (Å²) in [6.45, 7) is 3.14. The third-order valence-electron chi connectivity index (χ3n) is 6.71. The monoisotopic (exact) mass is 455 g/mol. The maximum atomic E-state index is 11.6. The van der Waals surface area contributed by atoms with Gasteiger partial charge in [-0.1, -0.05) is 12.1 Å². The molecule has 1 aromatic carbocycles. The average Bonchev–Trinajstić information content (AvgIpc) is 3.57. The number of fused-ring (bicyclic) bond motifs is 2. The van der Waals surface area contributed by atoms with E-state index in [1.54, 1.807) is 17.8 Å². The number of rotatable bonds is 3. The van der Waals surface area contributed by atoms with E-state index in [1.165, 1.54) is 0 Å². The number of aryl methyl sites for hydroxylation is 1. The molecule has 5 aromatic rings. The maximum Gasteiger partial charge on any atom is 0.219 e. The highest BCUT2D eigenvalue weighted by Gasteiger charge is 2.23. The first-order valence-electron chi connectivity index (χ1n) is 11.4. The van der Waals surface area contributed by atoms with Crippen LogP contribution in [0.5, 0.6) is 0 Å². The van der Waals surface area contributed by atoms with E-state index >= 15 is 0 Å². The number of nitrogens with two attached hydrogens (primary N) is 1. The summed E-state index contributed by atoms with van der Waals surface area (Å²) in [4.78, 5) is 17.9. The molecule has 5 heterocycles. The number of amides is 1. The highest BCUT2D eigenvalue weighted by molar-refractivity contribution is 6.02. The zero-order valence-corrected chi connectivity index (χ0v) is 19.1. The Labute approximate surface area is 195 Å². The maximum absolute atomic E-state index is 11.6. The van der Waals surface area contributed by atoms with Crippen molar-refractivity contribution in [2.75, 3.05) is 18.8 Å². The summed E-state index contributed by atoms with van der Waals surface area (Å²) in [5.74, 6) is 1.21. The lowest BCUT2D eigenvalue weighted by molar-refractivity contribution is -0.130. The molecule has 0 spiro atoms. The molecule has 9 nitrogen and oxygen atoms in total. The fraction of sp³-hybridized carbons (Fsp3) is 0.280. The Bertz CT molecular complexity index is 1540. The summed E-state index contributed by atoms with van der Waals surface area (Å²) in [7, 11) is 1.91. The molecule has 34 heavy (non-hydrogen) atoms. The predicted octanol–water partition coefficient (Wildman–Crippen LogP) is 4.01. The number of nitrogens with zero attached hydrogens (tertiary/aromatic N) is 6. The molecule has 1 aliphatic rings. The number of piperidine rings is 1. The minimum Gasteiger partial charge on any atom is -0.452 e. The van der Waals surface area contributed by atoms with Gasteiger partial charge >= 0.3 is 0 Å². The molecule has 1 amide bonds. The van der Waals surface area contributed by atoms with Gasteiger partial charge in [0.1, 0.15) is 5.76 Å². The number of pyridine rings is 1. The second-order valence-electron chi connectivity index (χ2n) is 8.90. The van der Waals surface area contributed by atoms with Crippen LogP contribution in [0.4, 0.5) is 5.82 Å². The van der Waals surface area contributed by atoms with E-state index in [9.17, 15) is 4.79 Å². The van der Waals surface area contributed by atoms with Crippen LogP contribution in [0.1, 0.15) is 25.8 Å². The van der Waals surface area contributed by atoms with Gasteiger partial charge in [0.15, 0.2) is 11.4 Å². The van der Waals surface area contributed by atoms with Crippen molar-refractivity contribution in [3.63, 3.8) is 0 Å². The van der Waals surface area contributed by atoms with Crippen molar-refractivity contribution in [3.05, 3.63) is 49.1 Å². The molecular weight excluding hydrogens is 430 g/mol. The van der Waals surface area contributed by atoms with E-state index in [4.69, 9.17) is 10.2 Å². The Kier molecular flexibility index (Phi) is 4.65. The zero-order chi connectivity index (χ0) is 23.4. The predicted molar refractivity (Wildman–Crippen MR) is 130 cm³/mol. The number of furan rings is 1. The number of likely N-dealkylation sites (tertiary alicyclic amines) is 1. The van der Waals surface area contributed by atoms with Crippen molar-refractivity contribution in [2.45, 2.75) is 25.8 Å². The first-order valence-corrected chi connectivity index (χ1v) is 11.4. The van der Waals surface area contributed by atoms with Crippen molar-refractivity contribution in [3.8, 4) is 22.5 Å². The van der Waals surface area contributed by atoms with Crippen molar-refractivity contribution in [2.24, 2.45) is 7.05 Å². The minimum absolute atomic E-state index is 0.132. The second-order valence-corrected chi connectivity index (χ2v) is 8.90. The minimum atomic E-state index is 0.132. The molecule has 172 valence electrons. The van der Waals surface area contributed by atoms with Crippen molar-refractivity contribution in [1.29, 1.82) is 0 Å². The Morgan fingerprint density at radius 2 is 1.94 bits per heavy atom. The van der Waals surface area contributed by atoms with Crippen LogP contribution in [0.3, 0.4) is 0 Å². The van der Waals surface area contributed by atoms with Crippen LogP contribution in [-0.2, 0) is 11.8 Å². The van der Waals surface area contributed by atoms with Gasteiger partial charge in [0, 0.05) is 73.1 Å². The van der Waals surface area contributed by atoms with Gasteiger partial charge in [-0.05, 0) is 25.0 Å². The van der Waals surface area contributed by atoms with E-state index in [2.05, 4.69) is 21.4 Å². The molecule has 9 heteroatoms. The fourth-order valence-electron chi connectivity index (χ4n) is 4.90. The summed E-state index contributed by atoms with van der Waals surface area (Å²) in [5.41, 5.74) is 10.5. The molecule has 0 bridgehead atoms. The molecule has 0 unspecified atom stereocenters. The van der Waals surface area contributed by atoms with Gasteiger partial charge < -0.3 is 15.1 Å². The number of carbonyl (C=O) groups excluding carboxylic acids is 1. The zero-order valence-electron chi connectivity index (χ0n) is 19.1. The number of hydrogen-bond acceptors (Lipinski definition) is 6. The number of carbonyl (C=O) groups is 1. The van der Waals surface area contributed by atoms with Gasteiger partial charge in [0.05, 0.1) is 17.8 Å². The third kappa shape index (κ3) is 3.32. The first kappa shape index (κ1) is 20.5. The normalized spacial score (nSPS) is 14.9. The van der Waals surface area contributed by atoms with Gasteiger partial charge in [0.2, 0.25) is 5.91 Å². The van der Waals surface area contributed by atoms with E-state index in [1.807, 2.05) is 53.3 Å². The molecule has 1 fully saturated rings. The van der Waals surface area contributed by atoms with E-state index in [0.29, 0.717) is 11.4 Å². The Morgan fingerprint density at radius 3 is 2.74 bits per heavy atom. The molecule has 1 saturated heterocycles. The quantitative estimate of drug-likeness (QED) is 0.440. The average molecular weight is 456 g/mol. The summed E-state index contributed by atoms with van der Waals surface area (Å²) in [5, 5.41) is 11.1. The van der Waals surface area contributed by atoms with Crippen LogP contribution in [0.15, 0.2) is 53.5 Å². The number of hydrogen-bond donors (Lipinski definition) is 1. The van der Waals surface area contributed by atoms with Gasteiger partial charge in [-0.2, -0.15) is 10.2 Å². The molecule has 2 N–H and O–H groups in total. The molecule has 0 radical (unpaired) electrons.